The van der Waals surface area contributed by atoms with Gasteiger partial charge in [0.05, 0.1) is 12.8 Å². The number of allylic oxidation sites excluding steroid dienone is 1. The molecule has 1 aromatic rings. The maximum atomic E-state index is 13.1. The monoisotopic (exact) mass is 583 g/mol. The summed E-state index contributed by atoms with van der Waals surface area (Å²) in [6.45, 7) is 3.84. The quantitative estimate of drug-likeness (QED) is 0.264. The Morgan fingerprint density at radius 3 is 2.63 bits per heavy atom. The van der Waals surface area contributed by atoms with Crippen molar-refractivity contribution >= 4 is 61.2 Å². The first-order valence-corrected chi connectivity index (χ1v) is 14.8. The van der Waals surface area contributed by atoms with E-state index in [1.807, 2.05) is 32.1 Å². The summed E-state index contributed by atoms with van der Waals surface area (Å²) in [7, 11) is 3.10. The molecule has 2 aliphatic rings. The van der Waals surface area contributed by atoms with Crippen molar-refractivity contribution in [2.24, 2.45) is 5.92 Å². The minimum Gasteiger partial charge on any atom is -0.457 e. The molecule has 2 bridgehead atoms. The van der Waals surface area contributed by atoms with Crippen LogP contribution in [0.5, 0.6) is 0 Å². The third-order valence-electron chi connectivity index (χ3n) is 5.56. The highest BCUT2D eigenvalue weighted by Gasteiger charge is 2.30. The number of benzene rings is 1. The first-order valence-electron chi connectivity index (χ1n) is 11.5. The number of carbonyl (C=O) groups excluding carboxylic acids is 4. The van der Waals surface area contributed by atoms with E-state index in [1.54, 1.807) is 22.9 Å². The van der Waals surface area contributed by atoms with Crippen LogP contribution in [0.25, 0.3) is 0 Å². The molecule has 3 rings (SSSR count). The summed E-state index contributed by atoms with van der Waals surface area (Å²) in [5.74, 6) is -0.694. The molecule has 1 aromatic carbocycles. The van der Waals surface area contributed by atoms with Crippen molar-refractivity contribution in [3.05, 3.63) is 46.0 Å². The van der Waals surface area contributed by atoms with Gasteiger partial charge in [-0.2, -0.15) is 0 Å². The number of halogens is 1. The zero-order valence-electron chi connectivity index (χ0n) is 19.7. The number of hydrogen-bond donors (Lipinski definition) is 3. The molecule has 0 spiro atoms. The van der Waals surface area contributed by atoms with E-state index in [1.165, 1.54) is 10.8 Å². The number of fused-ring (bicyclic) bond motifs is 8. The SMILES string of the molecule is CC(C)[C@H]1NC(=O)C[C@H]2C=CCCSSC[C@@H](NC1=O)C(=O)NCc1cc(Br)ccc1CC(=O)O2. The molecule has 35 heavy (non-hydrogen) atoms. The Labute approximate surface area is 221 Å². The van der Waals surface area contributed by atoms with Gasteiger partial charge in [0.25, 0.3) is 0 Å². The second-order valence-corrected chi connectivity index (χ2v) is 12.3. The Bertz CT molecular complexity index is 988. The van der Waals surface area contributed by atoms with Gasteiger partial charge in [-0.1, -0.05) is 63.5 Å². The highest BCUT2D eigenvalue weighted by atomic mass is 79.9. The topological polar surface area (TPSA) is 114 Å². The number of nitrogens with one attached hydrogen (secondary N) is 3. The molecule has 0 saturated carbocycles. The van der Waals surface area contributed by atoms with Gasteiger partial charge in [-0.3, -0.25) is 19.2 Å². The fraction of sp³-hybridized carbons (Fsp3) is 0.500. The van der Waals surface area contributed by atoms with Crippen molar-refractivity contribution in [2.75, 3.05) is 11.5 Å². The van der Waals surface area contributed by atoms with Crippen molar-refractivity contribution < 1.29 is 23.9 Å². The molecule has 0 aliphatic carbocycles. The lowest BCUT2D eigenvalue weighted by atomic mass is 10.0. The van der Waals surface area contributed by atoms with E-state index in [-0.39, 0.29) is 31.2 Å². The van der Waals surface area contributed by atoms with Gasteiger partial charge >= 0.3 is 5.97 Å². The van der Waals surface area contributed by atoms with E-state index < -0.39 is 36.0 Å². The highest BCUT2D eigenvalue weighted by Crippen LogP contribution is 2.24. The maximum Gasteiger partial charge on any atom is 0.310 e. The third kappa shape index (κ3) is 8.57. The normalized spacial score (nSPS) is 25.1. The summed E-state index contributed by atoms with van der Waals surface area (Å²) in [6.07, 6.45) is 3.50. The smallest absolute Gasteiger partial charge is 0.310 e. The van der Waals surface area contributed by atoms with Gasteiger partial charge in [0.2, 0.25) is 17.7 Å². The van der Waals surface area contributed by atoms with Crippen LogP contribution >= 0.6 is 37.5 Å². The molecule has 3 amide bonds. The molecular formula is C24H30BrN3O5S2. The molecule has 3 N–H and O–H groups in total. The van der Waals surface area contributed by atoms with Crippen LogP contribution in [-0.4, -0.2) is 53.4 Å². The van der Waals surface area contributed by atoms with Crippen molar-refractivity contribution in [2.45, 2.75) is 57.8 Å². The lowest BCUT2D eigenvalue weighted by Gasteiger charge is -2.26. The van der Waals surface area contributed by atoms with Crippen LogP contribution in [0.15, 0.2) is 34.8 Å². The molecule has 3 atom stereocenters. The second-order valence-electron chi connectivity index (χ2n) is 8.71. The zero-order valence-corrected chi connectivity index (χ0v) is 22.9. The fourth-order valence-corrected chi connectivity index (χ4v) is 6.25. The molecule has 11 heteroatoms. The summed E-state index contributed by atoms with van der Waals surface area (Å²) in [4.78, 5) is 51.9. The average molecular weight is 585 g/mol. The Balaban J connectivity index is 2.00. The van der Waals surface area contributed by atoms with E-state index in [0.29, 0.717) is 17.7 Å². The molecule has 190 valence electrons. The Kier molecular flexibility index (Phi) is 10.5. The maximum absolute atomic E-state index is 13.1. The molecule has 8 nitrogen and oxygen atoms in total. The third-order valence-corrected chi connectivity index (χ3v) is 8.50. The van der Waals surface area contributed by atoms with Gasteiger partial charge in [-0.25, -0.2) is 0 Å². The van der Waals surface area contributed by atoms with E-state index in [4.69, 9.17) is 4.74 Å². The van der Waals surface area contributed by atoms with E-state index in [2.05, 4.69) is 31.9 Å². The van der Waals surface area contributed by atoms with Gasteiger partial charge < -0.3 is 20.7 Å². The molecule has 0 unspecified atom stereocenters. The predicted molar refractivity (Wildman–Crippen MR) is 142 cm³/mol. The Morgan fingerprint density at radius 2 is 1.86 bits per heavy atom. The number of esters is 1. The standard InChI is InChI=1S/C24H30BrN3O5S2/c1-14(2)22-24(32)27-19-13-35-34-8-4-3-5-18(11-20(29)28-22)33-21(30)10-15-6-7-17(25)9-16(15)12-26-23(19)31/h3,5-7,9,14,18-19,22H,4,8,10-13H2,1-2H3,(H,26,31)(H,27,32)(H,28,29)/t18-,19-,22-/m1/s1. The number of amides is 3. The number of rotatable bonds is 1. The van der Waals surface area contributed by atoms with E-state index in [9.17, 15) is 19.2 Å². The Hall–Kier alpha value is -1.98. The largest absolute Gasteiger partial charge is 0.457 e. The number of hydrogen-bond acceptors (Lipinski definition) is 7. The zero-order chi connectivity index (χ0) is 25.4. The molecule has 0 fully saturated rings. The van der Waals surface area contributed by atoms with E-state index >= 15 is 0 Å². The first kappa shape index (κ1) is 27.6. The van der Waals surface area contributed by atoms with Gasteiger partial charge in [0, 0.05) is 22.5 Å². The number of carbonyl (C=O) groups is 4. The lowest BCUT2D eigenvalue weighted by Crippen LogP contribution is -2.56. The molecule has 2 heterocycles. The van der Waals surface area contributed by atoms with Crippen molar-refractivity contribution in [3.63, 3.8) is 0 Å². The van der Waals surface area contributed by atoms with Crippen LogP contribution in [0.2, 0.25) is 0 Å². The summed E-state index contributed by atoms with van der Waals surface area (Å²) in [5, 5.41) is 8.50. The predicted octanol–water partition coefficient (Wildman–Crippen LogP) is 2.89. The van der Waals surface area contributed by atoms with Gasteiger partial charge in [-0.15, -0.1) is 0 Å². The summed E-state index contributed by atoms with van der Waals surface area (Å²) in [5.41, 5.74) is 1.48. The fourth-order valence-electron chi connectivity index (χ4n) is 3.69. The van der Waals surface area contributed by atoms with Crippen LogP contribution in [0.4, 0.5) is 0 Å². The minimum atomic E-state index is -0.828. The molecule has 0 aromatic heterocycles. The second kappa shape index (κ2) is 13.4. The van der Waals surface area contributed by atoms with Crippen molar-refractivity contribution in [3.8, 4) is 0 Å². The van der Waals surface area contributed by atoms with Crippen LogP contribution in [0.1, 0.15) is 37.8 Å². The Morgan fingerprint density at radius 1 is 1.06 bits per heavy atom. The number of ether oxygens (including phenoxy) is 1. The van der Waals surface area contributed by atoms with Crippen LogP contribution in [0, 0.1) is 5.92 Å². The van der Waals surface area contributed by atoms with Gasteiger partial charge in [0.1, 0.15) is 18.2 Å². The van der Waals surface area contributed by atoms with Gasteiger partial charge in [-0.05, 0) is 41.7 Å². The van der Waals surface area contributed by atoms with Crippen molar-refractivity contribution in [1.82, 2.24) is 16.0 Å². The summed E-state index contributed by atoms with van der Waals surface area (Å²) < 4.78 is 6.48. The molecular weight excluding hydrogens is 554 g/mol. The summed E-state index contributed by atoms with van der Waals surface area (Å²) in [6, 6.07) is 3.87. The average Bonchev–Trinajstić information content (AvgIpc) is 2.79. The van der Waals surface area contributed by atoms with Crippen LogP contribution < -0.4 is 16.0 Å². The van der Waals surface area contributed by atoms with Gasteiger partial charge in [0.15, 0.2) is 0 Å². The lowest BCUT2D eigenvalue weighted by molar-refractivity contribution is -0.147. The van der Waals surface area contributed by atoms with E-state index in [0.717, 1.165) is 15.8 Å². The molecule has 2 aliphatic heterocycles. The summed E-state index contributed by atoms with van der Waals surface area (Å²) >= 11 is 3.44. The highest BCUT2D eigenvalue weighted by molar-refractivity contribution is 9.10. The first-order chi connectivity index (χ1) is 16.7. The van der Waals surface area contributed by atoms with Crippen LogP contribution in [-0.2, 0) is 36.9 Å². The van der Waals surface area contributed by atoms with Crippen molar-refractivity contribution in [1.29, 1.82) is 0 Å². The molecule has 0 radical (unpaired) electrons. The minimum absolute atomic E-state index is 0.00489. The molecule has 0 saturated heterocycles. The van der Waals surface area contributed by atoms with Crippen LogP contribution in [0.3, 0.4) is 0 Å².